The first-order chi connectivity index (χ1) is 38.4. The van der Waals surface area contributed by atoms with Crippen molar-refractivity contribution in [2.24, 2.45) is 0 Å². The molecule has 79 heavy (non-hydrogen) atoms. The zero-order valence-corrected chi connectivity index (χ0v) is 53.5. The number of amides is 1. The normalized spacial score (nSPS) is 14.1. The summed E-state index contributed by atoms with van der Waals surface area (Å²) in [5, 5.41) is 3.00. The summed E-state index contributed by atoms with van der Waals surface area (Å²) in [6.07, 6.45) is 76.2. The zero-order chi connectivity index (χ0) is 57.9. The van der Waals surface area contributed by atoms with Crippen LogP contribution >= 0.6 is 7.82 Å². The lowest BCUT2D eigenvalue weighted by Crippen LogP contribution is -2.47. The molecule has 10 heteroatoms. The van der Waals surface area contributed by atoms with Gasteiger partial charge in [0.25, 0.3) is 7.82 Å². The average Bonchev–Trinajstić information content (AvgIpc) is 3.41. The Balaban J connectivity index is 5.10. The van der Waals surface area contributed by atoms with Gasteiger partial charge in [-0.25, -0.2) is 0 Å². The number of likely N-dealkylation sites (N-methyl/N-ethyl adjacent to an activating group) is 1. The van der Waals surface area contributed by atoms with E-state index in [1.54, 1.807) is 0 Å². The number of rotatable bonds is 60. The van der Waals surface area contributed by atoms with Crippen LogP contribution in [-0.2, 0) is 27.9 Å². The van der Waals surface area contributed by atoms with Crippen LogP contribution in [0.5, 0.6) is 0 Å². The highest BCUT2D eigenvalue weighted by molar-refractivity contribution is 7.45. The fourth-order valence-electron chi connectivity index (χ4n) is 9.56. The highest BCUT2D eigenvalue weighted by Gasteiger charge is 2.27. The number of allylic oxidation sites excluding steroid dienone is 11. The van der Waals surface area contributed by atoms with E-state index in [0.29, 0.717) is 17.4 Å². The van der Waals surface area contributed by atoms with Crippen molar-refractivity contribution in [2.75, 3.05) is 40.9 Å². The van der Waals surface area contributed by atoms with Crippen LogP contribution in [0, 0.1) is 0 Å². The number of ether oxygens (including phenoxy) is 1. The van der Waals surface area contributed by atoms with Crippen LogP contribution in [0.1, 0.15) is 303 Å². The van der Waals surface area contributed by atoms with Crippen molar-refractivity contribution in [1.82, 2.24) is 5.32 Å². The van der Waals surface area contributed by atoms with Crippen molar-refractivity contribution in [1.29, 1.82) is 0 Å². The maximum atomic E-state index is 13.5. The van der Waals surface area contributed by atoms with Gasteiger partial charge >= 0.3 is 5.97 Å². The fourth-order valence-corrected chi connectivity index (χ4v) is 10.3. The molecule has 1 amide bonds. The summed E-state index contributed by atoms with van der Waals surface area (Å²) in [7, 11) is 1.15. The number of unbranched alkanes of at least 4 members (excludes halogenated alkanes) is 34. The second-order valence-electron chi connectivity index (χ2n) is 23.6. The maximum Gasteiger partial charge on any atom is 0.306 e. The van der Waals surface area contributed by atoms with E-state index < -0.39 is 26.6 Å². The molecule has 0 rings (SSSR count). The van der Waals surface area contributed by atoms with Crippen molar-refractivity contribution in [3.63, 3.8) is 0 Å². The Morgan fingerprint density at radius 1 is 0.456 bits per heavy atom. The minimum absolute atomic E-state index is 0.0340. The van der Waals surface area contributed by atoms with Crippen molar-refractivity contribution in [3.8, 4) is 0 Å². The summed E-state index contributed by atoms with van der Waals surface area (Å²) in [4.78, 5) is 40.0. The molecule has 0 aliphatic rings. The lowest BCUT2D eigenvalue weighted by molar-refractivity contribution is -0.870. The number of esters is 1. The third kappa shape index (κ3) is 59.9. The van der Waals surface area contributed by atoms with Gasteiger partial charge in [-0.1, -0.05) is 293 Å². The molecule has 0 aromatic rings. The van der Waals surface area contributed by atoms with Crippen LogP contribution in [0.3, 0.4) is 0 Å². The van der Waals surface area contributed by atoms with Gasteiger partial charge in [-0.3, -0.25) is 14.2 Å². The van der Waals surface area contributed by atoms with Gasteiger partial charge < -0.3 is 28.5 Å². The number of nitrogens with one attached hydrogen (secondary N) is 1. The molecule has 0 aromatic heterocycles. The van der Waals surface area contributed by atoms with Crippen LogP contribution in [0.2, 0.25) is 0 Å². The predicted octanol–water partition coefficient (Wildman–Crippen LogP) is 20.2. The van der Waals surface area contributed by atoms with Crippen molar-refractivity contribution < 1.29 is 37.3 Å². The predicted molar refractivity (Wildman–Crippen MR) is 339 cm³/mol. The molecule has 0 aromatic carbocycles. The van der Waals surface area contributed by atoms with E-state index in [4.69, 9.17) is 13.8 Å². The van der Waals surface area contributed by atoms with Crippen LogP contribution < -0.4 is 10.2 Å². The zero-order valence-electron chi connectivity index (χ0n) is 52.6. The van der Waals surface area contributed by atoms with Gasteiger partial charge in [0.1, 0.15) is 19.3 Å². The summed E-state index contributed by atoms with van der Waals surface area (Å²) in [6.45, 7) is 6.70. The van der Waals surface area contributed by atoms with E-state index in [-0.39, 0.29) is 31.3 Å². The van der Waals surface area contributed by atoms with E-state index in [2.05, 4.69) is 86.8 Å². The molecule has 460 valence electrons. The van der Waals surface area contributed by atoms with Crippen molar-refractivity contribution >= 4 is 19.7 Å². The minimum atomic E-state index is -4.72. The van der Waals surface area contributed by atoms with Crippen molar-refractivity contribution in [2.45, 2.75) is 315 Å². The Bertz CT molecular complexity index is 1580. The van der Waals surface area contributed by atoms with E-state index in [1.165, 1.54) is 186 Å². The number of hydrogen-bond donors (Lipinski definition) is 1. The fraction of sp³-hybridized carbons (Fsp3) is 0.797. The second kappa shape index (κ2) is 58.6. The Hall–Kier alpha value is -2.55. The van der Waals surface area contributed by atoms with Crippen LogP contribution in [0.25, 0.3) is 0 Å². The lowest BCUT2D eigenvalue weighted by Gasteiger charge is -2.30. The molecule has 3 atom stereocenters. The monoisotopic (exact) mass is 1130 g/mol. The quantitative estimate of drug-likeness (QED) is 0.0212. The first-order valence-corrected chi connectivity index (χ1v) is 34.7. The maximum absolute atomic E-state index is 13.5. The smallest absolute Gasteiger partial charge is 0.306 e. The Morgan fingerprint density at radius 3 is 1.23 bits per heavy atom. The van der Waals surface area contributed by atoms with Gasteiger partial charge in [-0.05, 0) is 70.3 Å². The summed E-state index contributed by atoms with van der Waals surface area (Å²) in [5.74, 6) is -0.602. The van der Waals surface area contributed by atoms with E-state index >= 15 is 0 Å². The second-order valence-corrected chi connectivity index (χ2v) is 25.0. The first-order valence-electron chi connectivity index (χ1n) is 33.2. The number of carbonyl (C=O) groups excluding carboxylic acids is 2. The molecule has 9 nitrogen and oxygen atoms in total. The molecule has 0 aliphatic carbocycles. The summed E-state index contributed by atoms with van der Waals surface area (Å²) in [6, 6.07) is -0.919. The van der Waals surface area contributed by atoms with Gasteiger partial charge in [0, 0.05) is 12.8 Å². The Kier molecular flexibility index (Phi) is 56.7. The molecular formula is C69H127N2O7P. The number of phosphoric ester groups is 1. The summed E-state index contributed by atoms with van der Waals surface area (Å²) < 4.78 is 30.3. The molecule has 0 saturated carbocycles. The highest BCUT2D eigenvalue weighted by Crippen LogP contribution is 2.38. The average molecular weight is 1130 g/mol. The number of hydrogen-bond acceptors (Lipinski definition) is 7. The van der Waals surface area contributed by atoms with Gasteiger partial charge in [-0.15, -0.1) is 0 Å². The van der Waals surface area contributed by atoms with E-state index in [0.717, 1.165) is 77.0 Å². The summed E-state index contributed by atoms with van der Waals surface area (Å²) >= 11 is 0. The number of carbonyl (C=O) groups is 2. The van der Waals surface area contributed by atoms with Crippen LogP contribution in [0.4, 0.5) is 0 Å². The van der Waals surface area contributed by atoms with Crippen LogP contribution in [-0.4, -0.2) is 69.4 Å². The molecule has 3 unspecified atom stereocenters. The molecule has 0 aliphatic heterocycles. The Morgan fingerprint density at radius 2 is 0.823 bits per heavy atom. The van der Waals surface area contributed by atoms with Gasteiger partial charge in [0.05, 0.1) is 33.8 Å². The highest BCUT2D eigenvalue weighted by atomic mass is 31.2. The standard InChI is InChI=1S/C69H127N2O7P/c1-7-10-13-16-19-22-25-27-29-31-32-33-34-35-36-37-38-40-42-44-47-50-53-56-59-62-69(73)78-67(60-57-54-51-48-45-24-21-18-15-12-9-3)66(65-77-79(74,75)76-64-63-71(4,5)6)70-68(72)61-58-55-52-49-46-43-41-39-30-28-26-23-20-17-14-11-8-2/h11,14,20,23,28,30,41,43,49,52,57,60,66-67H,7-10,12-13,15-19,21-22,24-27,29,31-40,42,44-48,50-51,53-56,58-59,61-65H2,1-6H3,(H-,70,72,74,75)/b14-11-,23-20-,30-28-,43-41-,52-49-,60-57-. The van der Waals surface area contributed by atoms with Gasteiger partial charge in [0.15, 0.2) is 0 Å². The van der Waals surface area contributed by atoms with Gasteiger partial charge in [-0.2, -0.15) is 0 Å². The topological polar surface area (TPSA) is 114 Å². The first kappa shape index (κ1) is 76.5. The third-order valence-electron chi connectivity index (χ3n) is 14.7. The van der Waals surface area contributed by atoms with E-state index in [9.17, 15) is 19.0 Å². The van der Waals surface area contributed by atoms with Gasteiger partial charge in [0.2, 0.25) is 5.91 Å². The Labute approximate surface area is 489 Å². The number of nitrogens with zero attached hydrogens (tertiary/aromatic N) is 1. The SMILES string of the molecule is CC/C=C\C/C=C\C/C=C\C/C=C\C/C=C\CCCC(=O)NC(COP(=O)([O-])OCC[N+](C)(C)C)C(/C=C\CCCCCCCCCCC)OC(=O)CCCCCCCCCCCCCCCCCCCCCCCCCCC. The molecule has 0 heterocycles. The molecule has 0 fully saturated rings. The largest absolute Gasteiger partial charge is 0.756 e. The molecular weight excluding hydrogens is 1000 g/mol. The number of quaternary nitrogens is 1. The number of phosphoric acid groups is 1. The molecule has 1 N–H and O–H groups in total. The summed E-state index contributed by atoms with van der Waals surface area (Å²) in [5.41, 5.74) is 0. The third-order valence-corrected chi connectivity index (χ3v) is 15.6. The van der Waals surface area contributed by atoms with E-state index in [1.807, 2.05) is 33.3 Å². The minimum Gasteiger partial charge on any atom is -0.756 e. The molecule has 0 spiro atoms. The molecule has 0 bridgehead atoms. The lowest BCUT2D eigenvalue weighted by atomic mass is 10.0. The molecule has 0 radical (unpaired) electrons. The molecule has 0 saturated heterocycles. The van der Waals surface area contributed by atoms with Crippen molar-refractivity contribution in [3.05, 3.63) is 72.9 Å². The van der Waals surface area contributed by atoms with Crippen LogP contribution in [0.15, 0.2) is 72.9 Å².